The van der Waals surface area contributed by atoms with Crippen molar-refractivity contribution in [2.45, 2.75) is 6.61 Å². The van der Waals surface area contributed by atoms with Gasteiger partial charge in [0.05, 0.1) is 11.1 Å². The number of ether oxygens (including phenoxy) is 1. The summed E-state index contributed by atoms with van der Waals surface area (Å²) in [5, 5.41) is 1.08. The first-order valence-electron chi connectivity index (χ1n) is 7.99. The summed E-state index contributed by atoms with van der Waals surface area (Å²) in [5.41, 5.74) is 2.38. The highest BCUT2D eigenvalue weighted by atomic mass is 16.5. The zero-order valence-electron chi connectivity index (χ0n) is 13.4. The van der Waals surface area contributed by atoms with Gasteiger partial charge in [0, 0.05) is 16.3 Å². The Morgan fingerprint density at radius 1 is 0.840 bits per heavy atom. The van der Waals surface area contributed by atoms with Crippen LogP contribution in [-0.4, -0.2) is 11.0 Å². The van der Waals surface area contributed by atoms with E-state index in [0.29, 0.717) is 27.4 Å². The molecule has 0 aliphatic heterocycles. The molecule has 0 atom stereocenters. The van der Waals surface area contributed by atoms with E-state index in [0.717, 1.165) is 5.56 Å². The number of rotatable bonds is 3. The molecule has 4 rings (SSSR count). The molecular formula is C21H15NO3. The van der Waals surface area contributed by atoms with Crippen LogP contribution in [0.25, 0.3) is 21.8 Å². The number of nitrogens with one attached hydrogen (secondary N) is 1. The third-order valence-corrected chi connectivity index (χ3v) is 4.17. The topological polar surface area (TPSA) is 59.2 Å². The molecule has 1 N–H and O–H groups in total. The number of hydrogen-bond acceptors (Lipinski definition) is 3. The van der Waals surface area contributed by atoms with Crippen molar-refractivity contribution in [3.63, 3.8) is 0 Å². The van der Waals surface area contributed by atoms with Gasteiger partial charge in [-0.2, -0.15) is 0 Å². The molecule has 0 aliphatic rings. The average Bonchev–Trinajstić information content (AvgIpc) is 2.67. The van der Waals surface area contributed by atoms with Crippen molar-refractivity contribution in [3.05, 3.63) is 94.1 Å². The summed E-state index contributed by atoms with van der Waals surface area (Å²) >= 11 is 0. The lowest BCUT2D eigenvalue weighted by Gasteiger charge is -2.09. The SMILES string of the molecule is O=C(OCc1ccccc1)c1cccc2c(=O)c3ccccc3[nH]c12. The van der Waals surface area contributed by atoms with E-state index in [-0.39, 0.29) is 12.0 Å². The van der Waals surface area contributed by atoms with E-state index < -0.39 is 5.97 Å². The van der Waals surface area contributed by atoms with E-state index >= 15 is 0 Å². The molecule has 0 radical (unpaired) electrons. The molecule has 4 nitrogen and oxygen atoms in total. The number of benzene rings is 3. The minimum atomic E-state index is -0.458. The van der Waals surface area contributed by atoms with Crippen molar-refractivity contribution in [1.29, 1.82) is 0 Å². The van der Waals surface area contributed by atoms with Gasteiger partial charge in [-0.15, -0.1) is 0 Å². The van der Waals surface area contributed by atoms with E-state index in [1.165, 1.54) is 0 Å². The maximum absolute atomic E-state index is 12.7. The molecule has 122 valence electrons. The summed E-state index contributed by atoms with van der Waals surface area (Å²) < 4.78 is 5.41. The van der Waals surface area contributed by atoms with Crippen LogP contribution < -0.4 is 5.43 Å². The summed E-state index contributed by atoms with van der Waals surface area (Å²) in [6, 6.07) is 21.8. The molecule has 4 heteroatoms. The fraction of sp³-hybridized carbons (Fsp3) is 0.0476. The zero-order chi connectivity index (χ0) is 17.2. The molecule has 1 aromatic heterocycles. The summed E-state index contributed by atoms with van der Waals surface area (Å²) in [5.74, 6) is -0.458. The molecule has 0 fully saturated rings. The van der Waals surface area contributed by atoms with Gasteiger partial charge in [0.15, 0.2) is 5.43 Å². The van der Waals surface area contributed by atoms with Crippen molar-refractivity contribution in [1.82, 2.24) is 4.98 Å². The molecule has 0 saturated heterocycles. The zero-order valence-corrected chi connectivity index (χ0v) is 13.4. The minimum absolute atomic E-state index is 0.0953. The highest BCUT2D eigenvalue weighted by Gasteiger charge is 2.15. The molecule has 0 saturated carbocycles. The Kier molecular flexibility index (Phi) is 3.78. The Hall–Kier alpha value is -3.40. The van der Waals surface area contributed by atoms with Gasteiger partial charge in [0.1, 0.15) is 6.61 Å². The van der Waals surface area contributed by atoms with Crippen LogP contribution in [0.1, 0.15) is 15.9 Å². The lowest BCUT2D eigenvalue weighted by molar-refractivity contribution is 0.0475. The maximum atomic E-state index is 12.7. The molecule has 3 aromatic carbocycles. The largest absolute Gasteiger partial charge is 0.457 e. The molecule has 1 heterocycles. The van der Waals surface area contributed by atoms with Crippen molar-refractivity contribution in [2.24, 2.45) is 0 Å². The first kappa shape index (κ1) is 15.1. The average molecular weight is 329 g/mol. The van der Waals surface area contributed by atoms with Gasteiger partial charge in [-0.3, -0.25) is 4.79 Å². The van der Waals surface area contributed by atoms with Crippen molar-refractivity contribution < 1.29 is 9.53 Å². The van der Waals surface area contributed by atoms with Crippen LogP contribution in [0.3, 0.4) is 0 Å². The third kappa shape index (κ3) is 2.78. The maximum Gasteiger partial charge on any atom is 0.340 e. The molecule has 0 spiro atoms. The van der Waals surface area contributed by atoms with Crippen LogP contribution in [0.4, 0.5) is 0 Å². The Morgan fingerprint density at radius 2 is 1.56 bits per heavy atom. The number of hydrogen-bond donors (Lipinski definition) is 1. The second-order valence-corrected chi connectivity index (χ2v) is 5.79. The van der Waals surface area contributed by atoms with Crippen LogP contribution in [0.5, 0.6) is 0 Å². The van der Waals surface area contributed by atoms with Crippen LogP contribution in [0, 0.1) is 0 Å². The van der Waals surface area contributed by atoms with Crippen molar-refractivity contribution >= 4 is 27.8 Å². The summed E-state index contributed by atoms with van der Waals surface area (Å²) in [6.07, 6.45) is 0. The highest BCUT2D eigenvalue weighted by Crippen LogP contribution is 2.19. The number of aromatic amines is 1. The smallest absolute Gasteiger partial charge is 0.340 e. The molecule has 25 heavy (non-hydrogen) atoms. The van der Waals surface area contributed by atoms with Crippen LogP contribution in [-0.2, 0) is 11.3 Å². The quantitative estimate of drug-likeness (QED) is 0.456. The van der Waals surface area contributed by atoms with E-state index in [2.05, 4.69) is 4.98 Å². The van der Waals surface area contributed by atoms with Gasteiger partial charge in [0.2, 0.25) is 0 Å². The van der Waals surface area contributed by atoms with E-state index in [4.69, 9.17) is 4.74 Å². The van der Waals surface area contributed by atoms with Crippen LogP contribution >= 0.6 is 0 Å². The van der Waals surface area contributed by atoms with E-state index in [9.17, 15) is 9.59 Å². The Morgan fingerprint density at radius 3 is 2.40 bits per heavy atom. The Bertz CT molecular complexity index is 1130. The normalized spacial score (nSPS) is 10.9. The number of esters is 1. The lowest BCUT2D eigenvalue weighted by Crippen LogP contribution is -2.10. The predicted molar refractivity (Wildman–Crippen MR) is 97.6 cm³/mol. The second-order valence-electron chi connectivity index (χ2n) is 5.79. The molecule has 0 unspecified atom stereocenters. The number of carbonyl (C=O) groups is 1. The second kappa shape index (κ2) is 6.24. The van der Waals surface area contributed by atoms with Crippen LogP contribution in [0.15, 0.2) is 77.6 Å². The van der Waals surface area contributed by atoms with Gasteiger partial charge in [0.25, 0.3) is 0 Å². The van der Waals surface area contributed by atoms with E-state index in [1.807, 2.05) is 48.5 Å². The number of para-hydroxylation sites is 2. The lowest BCUT2D eigenvalue weighted by atomic mass is 10.1. The Balaban J connectivity index is 1.76. The number of carbonyl (C=O) groups excluding carboxylic acids is 1. The van der Waals surface area contributed by atoms with Gasteiger partial charge in [-0.1, -0.05) is 48.5 Å². The number of aromatic nitrogens is 1. The number of fused-ring (bicyclic) bond motifs is 2. The summed E-state index contributed by atoms with van der Waals surface area (Å²) in [7, 11) is 0. The van der Waals surface area contributed by atoms with Gasteiger partial charge >= 0.3 is 5.97 Å². The van der Waals surface area contributed by atoms with Gasteiger partial charge in [-0.25, -0.2) is 4.79 Å². The molecule has 0 bridgehead atoms. The van der Waals surface area contributed by atoms with Gasteiger partial charge < -0.3 is 9.72 Å². The van der Waals surface area contributed by atoms with Gasteiger partial charge in [-0.05, 0) is 29.8 Å². The number of pyridine rings is 1. The fourth-order valence-electron chi connectivity index (χ4n) is 2.92. The Labute approximate surface area is 143 Å². The van der Waals surface area contributed by atoms with Crippen molar-refractivity contribution in [2.75, 3.05) is 0 Å². The van der Waals surface area contributed by atoms with E-state index in [1.54, 1.807) is 24.3 Å². The standard InChI is InChI=1S/C21H15NO3/c23-20-15-9-4-5-12-18(15)22-19-16(20)10-6-11-17(19)21(24)25-13-14-7-2-1-3-8-14/h1-12H,13H2,(H,22,23). The number of H-pyrrole nitrogens is 1. The molecule has 0 aliphatic carbocycles. The molecule has 0 amide bonds. The predicted octanol–water partition coefficient (Wildman–Crippen LogP) is 4.04. The monoisotopic (exact) mass is 329 g/mol. The highest BCUT2D eigenvalue weighted by molar-refractivity contribution is 6.05. The third-order valence-electron chi connectivity index (χ3n) is 4.17. The summed E-state index contributed by atoms with van der Waals surface area (Å²) in [4.78, 5) is 28.4. The molecule has 4 aromatic rings. The van der Waals surface area contributed by atoms with Crippen LogP contribution in [0.2, 0.25) is 0 Å². The van der Waals surface area contributed by atoms with Crippen molar-refractivity contribution in [3.8, 4) is 0 Å². The summed E-state index contributed by atoms with van der Waals surface area (Å²) in [6.45, 7) is 0.188. The molecular weight excluding hydrogens is 314 g/mol. The fourth-order valence-corrected chi connectivity index (χ4v) is 2.92. The first-order valence-corrected chi connectivity index (χ1v) is 7.99. The minimum Gasteiger partial charge on any atom is -0.457 e. The first-order chi connectivity index (χ1) is 12.2.